The van der Waals surface area contributed by atoms with Crippen LogP contribution in [0.25, 0.3) is 0 Å². The van der Waals surface area contributed by atoms with E-state index in [1.165, 1.54) is 6.07 Å². The predicted octanol–water partition coefficient (Wildman–Crippen LogP) is 3.92. The number of halogens is 4. The quantitative estimate of drug-likeness (QED) is 0.562. The lowest BCUT2D eigenvalue weighted by molar-refractivity contribution is 0.102. The van der Waals surface area contributed by atoms with E-state index in [4.69, 9.17) is 17.4 Å². The topological polar surface area (TPSA) is 67.1 Å². The number of carbonyl (C=O) groups excluding carboxylic acids is 1. The van der Waals surface area contributed by atoms with Gasteiger partial charge in [-0.3, -0.25) is 10.6 Å². The number of nitrogen functional groups attached to an aromatic ring is 1. The van der Waals surface area contributed by atoms with Gasteiger partial charge in [-0.2, -0.15) is 0 Å². The zero-order valence-electron chi connectivity index (χ0n) is 10.4. The molecule has 0 atom stereocenters. The Balaban J connectivity index is 2.26. The van der Waals surface area contributed by atoms with Crippen LogP contribution in [0.1, 0.15) is 10.4 Å². The first-order chi connectivity index (χ1) is 9.92. The Bertz CT molecular complexity index is 689. The van der Waals surface area contributed by atoms with E-state index in [1.807, 2.05) is 5.43 Å². The highest BCUT2D eigenvalue weighted by Gasteiger charge is 2.15. The lowest BCUT2D eigenvalue weighted by Crippen LogP contribution is -2.15. The Morgan fingerprint density at radius 1 is 1.19 bits per heavy atom. The Hall–Kier alpha value is -1.70. The molecule has 0 radical (unpaired) electrons. The Morgan fingerprint density at radius 2 is 1.81 bits per heavy atom. The van der Waals surface area contributed by atoms with Gasteiger partial charge in [0.2, 0.25) is 0 Å². The van der Waals surface area contributed by atoms with Gasteiger partial charge in [0.05, 0.1) is 5.02 Å². The summed E-state index contributed by atoms with van der Waals surface area (Å²) in [5.74, 6) is 2.39. The summed E-state index contributed by atoms with van der Waals surface area (Å²) >= 11 is 9.11. The average molecular weight is 377 g/mol. The summed E-state index contributed by atoms with van der Waals surface area (Å²) in [6.07, 6.45) is 0. The fourth-order valence-electron chi connectivity index (χ4n) is 1.62. The smallest absolute Gasteiger partial charge is 0.255 e. The maximum atomic E-state index is 13.5. The summed E-state index contributed by atoms with van der Waals surface area (Å²) in [5.41, 5.74) is 1.61. The third kappa shape index (κ3) is 3.49. The number of nitrogens with one attached hydrogen (secondary N) is 2. The van der Waals surface area contributed by atoms with Crippen LogP contribution in [0.4, 0.5) is 20.2 Å². The van der Waals surface area contributed by atoms with E-state index in [-0.39, 0.29) is 5.56 Å². The second-order valence-corrected chi connectivity index (χ2v) is 5.30. The average Bonchev–Trinajstić information content (AvgIpc) is 2.42. The molecule has 0 aliphatic carbocycles. The minimum absolute atomic E-state index is 0.178. The van der Waals surface area contributed by atoms with Crippen molar-refractivity contribution in [2.24, 2.45) is 5.84 Å². The number of amides is 1. The molecule has 0 fully saturated rings. The molecule has 0 aliphatic rings. The van der Waals surface area contributed by atoms with E-state index in [0.717, 1.165) is 12.1 Å². The van der Waals surface area contributed by atoms with E-state index in [9.17, 15) is 13.6 Å². The second-order valence-electron chi connectivity index (χ2n) is 4.04. The molecule has 4 nitrogen and oxygen atoms in total. The lowest BCUT2D eigenvalue weighted by Gasteiger charge is -2.09. The normalized spacial score (nSPS) is 10.3. The molecule has 2 aromatic carbocycles. The summed E-state index contributed by atoms with van der Waals surface area (Å²) in [6.45, 7) is 0. The Labute approximate surface area is 132 Å². The van der Waals surface area contributed by atoms with E-state index >= 15 is 0 Å². The molecule has 0 heterocycles. The molecule has 21 heavy (non-hydrogen) atoms. The number of hydrogen-bond acceptors (Lipinski definition) is 3. The summed E-state index contributed by atoms with van der Waals surface area (Å²) < 4.78 is 27.7. The van der Waals surface area contributed by atoms with Crippen LogP contribution >= 0.6 is 27.5 Å². The van der Waals surface area contributed by atoms with Gasteiger partial charge in [-0.1, -0.05) is 11.6 Å². The third-order valence-corrected chi connectivity index (χ3v) is 3.86. The summed E-state index contributed by atoms with van der Waals surface area (Å²) in [4.78, 5) is 12.0. The van der Waals surface area contributed by atoms with Crippen molar-refractivity contribution >= 4 is 44.8 Å². The van der Waals surface area contributed by atoms with E-state index in [1.54, 1.807) is 12.1 Å². The van der Waals surface area contributed by atoms with Crippen LogP contribution < -0.4 is 16.6 Å². The highest BCUT2D eigenvalue weighted by atomic mass is 79.9. The van der Waals surface area contributed by atoms with Crippen LogP contribution in [0.5, 0.6) is 0 Å². The van der Waals surface area contributed by atoms with Crippen molar-refractivity contribution in [1.82, 2.24) is 0 Å². The number of nitrogens with two attached hydrogens (primary N) is 1. The minimum atomic E-state index is -0.962. The van der Waals surface area contributed by atoms with Gasteiger partial charge >= 0.3 is 0 Å². The number of hydrogen-bond donors (Lipinski definition) is 3. The van der Waals surface area contributed by atoms with Gasteiger partial charge in [-0.25, -0.2) is 8.78 Å². The van der Waals surface area contributed by atoms with Crippen molar-refractivity contribution in [3.63, 3.8) is 0 Å². The minimum Gasteiger partial charge on any atom is -0.322 e. The molecular formula is C13H9BrClF2N3O. The molecular weight excluding hydrogens is 368 g/mol. The predicted molar refractivity (Wildman–Crippen MR) is 81.3 cm³/mol. The van der Waals surface area contributed by atoms with Crippen molar-refractivity contribution in [2.75, 3.05) is 10.7 Å². The third-order valence-electron chi connectivity index (χ3n) is 2.63. The standard InChI is InChI=1S/C13H9BrClF2N3O/c14-8-2-1-7(5-9(8)15)19-13(21)6-3-10(16)12(20-18)11(17)4-6/h1-5,20H,18H2,(H,19,21). The van der Waals surface area contributed by atoms with Crippen LogP contribution in [0.2, 0.25) is 5.02 Å². The molecule has 4 N–H and O–H groups in total. The number of anilines is 2. The van der Waals surface area contributed by atoms with Crippen molar-refractivity contribution < 1.29 is 13.6 Å². The molecule has 0 saturated carbocycles. The van der Waals surface area contributed by atoms with Gasteiger partial charge < -0.3 is 10.7 Å². The monoisotopic (exact) mass is 375 g/mol. The fraction of sp³-hybridized carbons (Fsp3) is 0. The summed E-state index contributed by atoms with van der Waals surface area (Å²) in [5, 5.41) is 2.89. The number of benzene rings is 2. The van der Waals surface area contributed by atoms with Crippen molar-refractivity contribution in [2.45, 2.75) is 0 Å². The van der Waals surface area contributed by atoms with Gasteiger partial charge in [0.15, 0.2) is 11.6 Å². The second kappa shape index (κ2) is 6.38. The van der Waals surface area contributed by atoms with Crippen LogP contribution in [-0.4, -0.2) is 5.91 Å². The number of hydrazine groups is 1. The van der Waals surface area contributed by atoms with Crippen LogP contribution in [0.3, 0.4) is 0 Å². The van der Waals surface area contributed by atoms with Crippen molar-refractivity contribution in [3.05, 3.63) is 57.0 Å². The SMILES string of the molecule is NNc1c(F)cc(C(=O)Nc2ccc(Br)c(Cl)c2)cc1F. The molecule has 0 aliphatic heterocycles. The van der Waals surface area contributed by atoms with E-state index in [0.29, 0.717) is 15.2 Å². The molecule has 2 aromatic rings. The summed E-state index contributed by atoms with van der Waals surface area (Å²) in [6, 6.07) is 6.51. The maximum Gasteiger partial charge on any atom is 0.255 e. The highest BCUT2D eigenvalue weighted by Crippen LogP contribution is 2.26. The molecule has 0 bridgehead atoms. The molecule has 0 spiro atoms. The lowest BCUT2D eigenvalue weighted by atomic mass is 10.1. The Morgan fingerprint density at radius 3 is 2.33 bits per heavy atom. The largest absolute Gasteiger partial charge is 0.322 e. The number of carbonyl (C=O) groups is 1. The zero-order valence-corrected chi connectivity index (χ0v) is 12.7. The fourth-order valence-corrected chi connectivity index (χ4v) is 2.05. The zero-order chi connectivity index (χ0) is 15.6. The molecule has 110 valence electrons. The molecule has 0 unspecified atom stereocenters. The van der Waals surface area contributed by atoms with Gasteiger partial charge in [0.1, 0.15) is 5.69 Å². The van der Waals surface area contributed by atoms with E-state index in [2.05, 4.69) is 21.2 Å². The Kier molecular flexibility index (Phi) is 4.76. The van der Waals surface area contributed by atoms with E-state index < -0.39 is 23.2 Å². The van der Waals surface area contributed by atoms with Gasteiger partial charge in [-0.05, 0) is 46.3 Å². The first kappa shape index (κ1) is 15.7. The summed E-state index contributed by atoms with van der Waals surface area (Å²) in [7, 11) is 0. The van der Waals surface area contributed by atoms with Gasteiger partial charge in [0.25, 0.3) is 5.91 Å². The van der Waals surface area contributed by atoms with Crippen molar-refractivity contribution in [3.8, 4) is 0 Å². The van der Waals surface area contributed by atoms with Gasteiger partial charge in [0, 0.05) is 15.7 Å². The van der Waals surface area contributed by atoms with Crippen LogP contribution in [-0.2, 0) is 0 Å². The molecule has 1 amide bonds. The molecule has 2 rings (SSSR count). The highest BCUT2D eigenvalue weighted by molar-refractivity contribution is 9.10. The first-order valence-electron chi connectivity index (χ1n) is 5.64. The van der Waals surface area contributed by atoms with Crippen molar-refractivity contribution in [1.29, 1.82) is 0 Å². The number of rotatable bonds is 3. The van der Waals surface area contributed by atoms with Crippen LogP contribution in [0, 0.1) is 11.6 Å². The molecule has 0 saturated heterocycles. The molecule has 8 heteroatoms. The maximum absolute atomic E-state index is 13.5. The molecule has 0 aromatic heterocycles. The first-order valence-corrected chi connectivity index (χ1v) is 6.81. The van der Waals surface area contributed by atoms with Crippen LogP contribution in [0.15, 0.2) is 34.8 Å². The van der Waals surface area contributed by atoms with Gasteiger partial charge in [-0.15, -0.1) is 0 Å².